The smallest absolute Gasteiger partial charge is 0.295 e. The van der Waals surface area contributed by atoms with Crippen molar-refractivity contribution in [2.24, 2.45) is 5.92 Å². The largest absolute Gasteiger partial charge is 0.306 e. The first kappa shape index (κ1) is 13.0. The molecule has 0 aliphatic carbocycles. The molecule has 0 radical (unpaired) electrons. The second kappa shape index (κ2) is 5.02. The number of ketones is 2. The summed E-state index contributed by atoms with van der Waals surface area (Å²) >= 11 is 3.31. The zero-order chi connectivity index (χ0) is 13.3. The van der Waals surface area contributed by atoms with Crippen LogP contribution in [-0.4, -0.2) is 24.0 Å². The first-order valence-electron chi connectivity index (χ1n) is 5.62. The van der Waals surface area contributed by atoms with Crippen LogP contribution in [0.2, 0.25) is 0 Å². The Balaban J connectivity index is 2.23. The van der Waals surface area contributed by atoms with Crippen LogP contribution in [0, 0.1) is 5.92 Å². The predicted octanol–water partition coefficient (Wildman–Crippen LogP) is 1.96. The molecule has 1 aliphatic rings. The minimum absolute atomic E-state index is 0.233. The van der Waals surface area contributed by atoms with Crippen LogP contribution in [0.4, 0.5) is 5.69 Å². The molecule has 5 heteroatoms. The Morgan fingerprint density at radius 2 is 1.89 bits per heavy atom. The van der Waals surface area contributed by atoms with Crippen LogP contribution >= 0.6 is 15.9 Å². The zero-order valence-corrected chi connectivity index (χ0v) is 11.4. The van der Waals surface area contributed by atoms with E-state index in [-0.39, 0.29) is 5.78 Å². The van der Waals surface area contributed by atoms with Crippen molar-refractivity contribution in [3.8, 4) is 0 Å². The van der Waals surface area contributed by atoms with Crippen molar-refractivity contribution in [2.45, 2.75) is 13.3 Å². The molecule has 1 fully saturated rings. The van der Waals surface area contributed by atoms with Gasteiger partial charge in [0.2, 0.25) is 5.78 Å². The van der Waals surface area contributed by atoms with Crippen LogP contribution < -0.4 is 4.90 Å². The number of amides is 1. The van der Waals surface area contributed by atoms with Gasteiger partial charge in [-0.25, -0.2) is 0 Å². The topological polar surface area (TPSA) is 54.5 Å². The lowest BCUT2D eigenvalue weighted by molar-refractivity contribution is -0.143. The number of rotatable bonds is 2. The molecule has 1 unspecified atom stereocenters. The summed E-state index contributed by atoms with van der Waals surface area (Å²) in [6, 6.07) is 7.15. The lowest BCUT2D eigenvalue weighted by atomic mass is 9.91. The van der Waals surface area contributed by atoms with Crippen molar-refractivity contribution in [1.82, 2.24) is 0 Å². The van der Waals surface area contributed by atoms with Gasteiger partial charge in [0.25, 0.3) is 5.91 Å². The maximum atomic E-state index is 11.9. The van der Waals surface area contributed by atoms with Gasteiger partial charge < -0.3 is 4.90 Å². The van der Waals surface area contributed by atoms with E-state index < -0.39 is 17.6 Å². The fourth-order valence-corrected chi connectivity index (χ4v) is 2.29. The highest BCUT2D eigenvalue weighted by Crippen LogP contribution is 2.24. The molecule has 1 atom stereocenters. The van der Waals surface area contributed by atoms with Crippen LogP contribution in [0.15, 0.2) is 28.7 Å². The summed E-state index contributed by atoms with van der Waals surface area (Å²) < 4.78 is 0.906. The SMILES string of the molecule is CC(=O)C1CCN(c2ccc(Br)cc2)C(=O)C1=O. The van der Waals surface area contributed by atoms with E-state index in [1.54, 1.807) is 12.1 Å². The van der Waals surface area contributed by atoms with Crippen molar-refractivity contribution in [2.75, 3.05) is 11.4 Å². The van der Waals surface area contributed by atoms with Gasteiger partial charge in [-0.1, -0.05) is 15.9 Å². The van der Waals surface area contributed by atoms with Gasteiger partial charge in [-0.3, -0.25) is 14.4 Å². The Kier molecular flexibility index (Phi) is 3.61. The molecular formula is C13H12BrNO3. The Morgan fingerprint density at radius 3 is 2.44 bits per heavy atom. The van der Waals surface area contributed by atoms with Crippen LogP contribution in [0.25, 0.3) is 0 Å². The number of halogens is 1. The summed E-state index contributed by atoms with van der Waals surface area (Å²) in [5, 5.41) is 0. The third-order valence-corrected chi connectivity index (χ3v) is 3.57. The van der Waals surface area contributed by atoms with Gasteiger partial charge in [0.15, 0.2) is 0 Å². The molecule has 1 amide bonds. The standard InChI is InChI=1S/C13H12BrNO3/c1-8(16)11-6-7-15(13(18)12(11)17)10-4-2-9(14)3-5-10/h2-5,11H,6-7H2,1H3. The molecule has 0 bridgehead atoms. The number of carbonyl (C=O) groups excluding carboxylic acids is 3. The average molecular weight is 310 g/mol. The Hall–Kier alpha value is -1.49. The van der Waals surface area contributed by atoms with Crippen molar-refractivity contribution in [3.05, 3.63) is 28.7 Å². The molecule has 0 aromatic heterocycles. The molecule has 2 rings (SSSR count). The molecule has 1 aliphatic heterocycles. The molecule has 0 spiro atoms. The first-order valence-corrected chi connectivity index (χ1v) is 6.41. The number of piperidine rings is 1. The molecule has 4 nitrogen and oxygen atoms in total. The lowest BCUT2D eigenvalue weighted by Crippen LogP contribution is -2.48. The number of Topliss-reactive ketones (excluding diaryl/α,β-unsaturated/α-hetero) is 2. The third-order valence-electron chi connectivity index (χ3n) is 3.04. The summed E-state index contributed by atoms with van der Waals surface area (Å²) in [6.07, 6.45) is 0.399. The highest BCUT2D eigenvalue weighted by molar-refractivity contribution is 9.10. The van der Waals surface area contributed by atoms with E-state index in [1.165, 1.54) is 11.8 Å². The minimum atomic E-state index is -0.760. The van der Waals surface area contributed by atoms with Crippen LogP contribution in [0.5, 0.6) is 0 Å². The van der Waals surface area contributed by atoms with E-state index in [0.29, 0.717) is 18.7 Å². The number of carbonyl (C=O) groups is 3. The summed E-state index contributed by atoms with van der Waals surface area (Å²) in [6.45, 7) is 1.75. The Labute approximate surface area is 113 Å². The minimum Gasteiger partial charge on any atom is -0.306 e. The summed E-state index contributed by atoms with van der Waals surface area (Å²) in [4.78, 5) is 36.4. The van der Waals surface area contributed by atoms with Crippen LogP contribution in [0.3, 0.4) is 0 Å². The molecule has 0 saturated carbocycles. The van der Waals surface area contributed by atoms with E-state index in [4.69, 9.17) is 0 Å². The van der Waals surface area contributed by atoms with E-state index in [0.717, 1.165) is 4.47 Å². The predicted molar refractivity (Wildman–Crippen MR) is 70.3 cm³/mol. The summed E-state index contributed by atoms with van der Waals surface area (Å²) in [5.41, 5.74) is 0.679. The molecule has 1 heterocycles. The van der Waals surface area contributed by atoms with Gasteiger partial charge in [0.05, 0.1) is 5.92 Å². The van der Waals surface area contributed by atoms with Gasteiger partial charge in [0.1, 0.15) is 5.78 Å². The summed E-state index contributed by atoms with van der Waals surface area (Å²) in [7, 11) is 0. The molecule has 94 valence electrons. The Bertz CT molecular complexity index is 509. The van der Waals surface area contributed by atoms with E-state index in [9.17, 15) is 14.4 Å². The van der Waals surface area contributed by atoms with Crippen LogP contribution in [-0.2, 0) is 14.4 Å². The second-order valence-electron chi connectivity index (χ2n) is 4.25. The normalized spacial score (nSPS) is 20.1. The van der Waals surface area contributed by atoms with Gasteiger partial charge in [-0.2, -0.15) is 0 Å². The van der Waals surface area contributed by atoms with Gasteiger partial charge in [-0.15, -0.1) is 0 Å². The average Bonchev–Trinajstić information content (AvgIpc) is 2.33. The maximum absolute atomic E-state index is 11.9. The summed E-state index contributed by atoms with van der Waals surface area (Å²) in [5.74, 6) is -2.19. The first-order chi connectivity index (χ1) is 8.50. The number of nitrogens with zero attached hydrogens (tertiary/aromatic N) is 1. The quantitative estimate of drug-likeness (QED) is 0.620. The van der Waals surface area contributed by atoms with Crippen molar-refractivity contribution < 1.29 is 14.4 Å². The lowest BCUT2D eigenvalue weighted by Gasteiger charge is -2.29. The molecule has 1 aromatic carbocycles. The zero-order valence-electron chi connectivity index (χ0n) is 9.85. The highest BCUT2D eigenvalue weighted by atomic mass is 79.9. The van der Waals surface area contributed by atoms with Gasteiger partial charge in [0, 0.05) is 16.7 Å². The van der Waals surface area contributed by atoms with E-state index in [1.807, 2.05) is 12.1 Å². The number of anilines is 1. The fourth-order valence-electron chi connectivity index (χ4n) is 2.03. The van der Waals surface area contributed by atoms with Crippen LogP contribution in [0.1, 0.15) is 13.3 Å². The van der Waals surface area contributed by atoms with Gasteiger partial charge in [-0.05, 0) is 37.6 Å². The number of hydrogen-bond acceptors (Lipinski definition) is 3. The third kappa shape index (κ3) is 2.36. The molecule has 1 saturated heterocycles. The van der Waals surface area contributed by atoms with E-state index >= 15 is 0 Å². The van der Waals surface area contributed by atoms with Crippen molar-refractivity contribution in [3.63, 3.8) is 0 Å². The fraction of sp³-hybridized carbons (Fsp3) is 0.308. The highest BCUT2D eigenvalue weighted by Gasteiger charge is 2.37. The molecule has 18 heavy (non-hydrogen) atoms. The monoisotopic (exact) mass is 309 g/mol. The van der Waals surface area contributed by atoms with Gasteiger partial charge >= 0.3 is 0 Å². The Morgan fingerprint density at radius 1 is 1.28 bits per heavy atom. The molecular weight excluding hydrogens is 298 g/mol. The van der Waals surface area contributed by atoms with Crippen molar-refractivity contribution >= 4 is 39.1 Å². The molecule has 1 aromatic rings. The van der Waals surface area contributed by atoms with E-state index in [2.05, 4.69) is 15.9 Å². The maximum Gasteiger partial charge on any atom is 0.295 e. The van der Waals surface area contributed by atoms with Crippen molar-refractivity contribution in [1.29, 1.82) is 0 Å². The number of hydrogen-bond donors (Lipinski definition) is 0. The molecule has 0 N–H and O–H groups in total. The second-order valence-corrected chi connectivity index (χ2v) is 5.17. The number of benzene rings is 1.